The molecule has 0 aliphatic carbocycles. The van der Waals surface area contributed by atoms with E-state index in [4.69, 9.17) is 0 Å². The number of hydrogen-bond acceptors (Lipinski definition) is 2. The SMILES string of the molecule is CC[C@H](NC(=O)C[NH+](C)CC(=O)Nc1c(C)cc(C)cc1C)c1ccc(C)cc1. The minimum Gasteiger partial charge on any atom is -0.344 e. The molecule has 3 N–H and O–H groups in total. The minimum atomic E-state index is -0.0871. The number of anilines is 1. The van der Waals surface area contributed by atoms with E-state index in [0.29, 0.717) is 0 Å². The van der Waals surface area contributed by atoms with Crippen LogP contribution in [0.1, 0.15) is 47.2 Å². The molecule has 1 unspecified atom stereocenters. The Balaban J connectivity index is 1.89. The van der Waals surface area contributed by atoms with E-state index in [2.05, 4.69) is 54.0 Å². The molecule has 156 valence electrons. The van der Waals surface area contributed by atoms with E-state index < -0.39 is 0 Å². The van der Waals surface area contributed by atoms with Gasteiger partial charge in [-0.15, -0.1) is 0 Å². The normalized spacial score (nSPS) is 12.9. The lowest BCUT2D eigenvalue weighted by atomic mass is 10.0. The first-order valence-corrected chi connectivity index (χ1v) is 10.2. The van der Waals surface area contributed by atoms with Gasteiger partial charge in [-0.1, -0.05) is 54.4 Å². The van der Waals surface area contributed by atoms with Gasteiger partial charge < -0.3 is 15.5 Å². The summed E-state index contributed by atoms with van der Waals surface area (Å²) in [6.45, 7) is 10.6. The number of carbonyl (C=O) groups excluding carboxylic acids is 2. The van der Waals surface area contributed by atoms with Gasteiger partial charge in [0, 0.05) is 5.69 Å². The second-order valence-electron chi connectivity index (χ2n) is 8.07. The highest BCUT2D eigenvalue weighted by atomic mass is 16.2. The van der Waals surface area contributed by atoms with E-state index in [0.717, 1.165) is 33.7 Å². The van der Waals surface area contributed by atoms with E-state index in [9.17, 15) is 9.59 Å². The molecule has 5 nitrogen and oxygen atoms in total. The molecule has 5 heteroatoms. The number of quaternary nitrogens is 1. The zero-order valence-corrected chi connectivity index (χ0v) is 18.5. The van der Waals surface area contributed by atoms with E-state index in [-0.39, 0.29) is 30.9 Å². The molecule has 29 heavy (non-hydrogen) atoms. The summed E-state index contributed by atoms with van der Waals surface area (Å²) < 4.78 is 0. The number of likely N-dealkylation sites (N-methyl/N-ethyl adjacent to an activating group) is 1. The number of carbonyl (C=O) groups is 2. The second kappa shape index (κ2) is 10.2. The van der Waals surface area contributed by atoms with Crippen molar-refractivity contribution in [3.63, 3.8) is 0 Å². The molecule has 0 saturated carbocycles. The molecule has 0 aromatic heterocycles. The maximum atomic E-state index is 12.5. The lowest BCUT2D eigenvalue weighted by Gasteiger charge is -2.20. The quantitative estimate of drug-likeness (QED) is 0.642. The van der Waals surface area contributed by atoms with Gasteiger partial charge in [0.2, 0.25) is 0 Å². The van der Waals surface area contributed by atoms with Crippen molar-refractivity contribution in [2.75, 3.05) is 25.5 Å². The summed E-state index contributed by atoms with van der Waals surface area (Å²) in [6, 6.07) is 12.3. The fourth-order valence-electron chi connectivity index (χ4n) is 3.64. The topological polar surface area (TPSA) is 62.6 Å². The molecule has 2 amide bonds. The van der Waals surface area contributed by atoms with Crippen molar-refractivity contribution in [3.05, 3.63) is 64.2 Å². The van der Waals surface area contributed by atoms with Crippen LogP contribution in [-0.4, -0.2) is 32.0 Å². The Morgan fingerprint density at radius 2 is 1.45 bits per heavy atom. The van der Waals surface area contributed by atoms with E-state index in [1.165, 1.54) is 11.1 Å². The van der Waals surface area contributed by atoms with Gasteiger partial charge in [0.1, 0.15) is 0 Å². The highest BCUT2D eigenvalue weighted by Crippen LogP contribution is 2.21. The Hall–Kier alpha value is -2.66. The number of benzene rings is 2. The Labute approximate surface area is 174 Å². The van der Waals surface area contributed by atoms with Crippen molar-refractivity contribution in [1.29, 1.82) is 0 Å². The summed E-state index contributed by atoms with van der Waals surface area (Å²) in [6.07, 6.45) is 0.820. The van der Waals surface area contributed by atoms with Crippen LogP contribution in [0, 0.1) is 27.7 Å². The third-order valence-electron chi connectivity index (χ3n) is 5.09. The molecule has 2 atom stereocenters. The molecule has 0 aliphatic heterocycles. The van der Waals surface area contributed by atoms with Gasteiger partial charge in [0.05, 0.1) is 13.1 Å². The first-order valence-electron chi connectivity index (χ1n) is 10.2. The summed E-state index contributed by atoms with van der Waals surface area (Å²) in [4.78, 5) is 25.8. The summed E-state index contributed by atoms with van der Waals surface area (Å²) >= 11 is 0. The minimum absolute atomic E-state index is 0.0115. The van der Waals surface area contributed by atoms with Crippen molar-refractivity contribution in [2.45, 2.75) is 47.1 Å². The monoisotopic (exact) mass is 396 g/mol. The van der Waals surface area contributed by atoms with Crippen LogP contribution in [0.4, 0.5) is 5.69 Å². The Morgan fingerprint density at radius 1 is 0.897 bits per heavy atom. The van der Waals surface area contributed by atoms with Crippen LogP contribution in [0.25, 0.3) is 0 Å². The van der Waals surface area contributed by atoms with Gasteiger partial charge in [-0.3, -0.25) is 9.59 Å². The first kappa shape index (κ1) is 22.6. The molecule has 0 aliphatic rings. The van der Waals surface area contributed by atoms with Crippen LogP contribution in [0.5, 0.6) is 0 Å². The molecule has 2 aromatic rings. The maximum Gasteiger partial charge on any atom is 0.279 e. The zero-order chi connectivity index (χ0) is 21.6. The predicted octanol–water partition coefficient (Wildman–Crippen LogP) is 2.64. The number of hydrogen-bond donors (Lipinski definition) is 3. The Kier molecular flexibility index (Phi) is 7.97. The molecule has 0 bridgehead atoms. The zero-order valence-electron chi connectivity index (χ0n) is 18.5. The average Bonchev–Trinajstić information content (AvgIpc) is 2.63. The predicted molar refractivity (Wildman–Crippen MR) is 118 cm³/mol. The molecule has 2 rings (SSSR count). The van der Waals surface area contributed by atoms with Crippen LogP contribution in [-0.2, 0) is 9.59 Å². The largest absolute Gasteiger partial charge is 0.344 e. The van der Waals surface area contributed by atoms with Gasteiger partial charge in [0.25, 0.3) is 11.8 Å². The van der Waals surface area contributed by atoms with Gasteiger partial charge in [-0.25, -0.2) is 0 Å². The van der Waals surface area contributed by atoms with Crippen molar-refractivity contribution in [2.24, 2.45) is 0 Å². The number of aryl methyl sites for hydroxylation is 4. The van der Waals surface area contributed by atoms with E-state index >= 15 is 0 Å². The molecule has 2 aromatic carbocycles. The summed E-state index contributed by atoms with van der Waals surface area (Å²) in [5.41, 5.74) is 6.45. The van der Waals surface area contributed by atoms with Crippen molar-refractivity contribution < 1.29 is 14.5 Å². The Bertz CT molecular complexity index is 836. The van der Waals surface area contributed by atoms with Crippen molar-refractivity contribution in [1.82, 2.24) is 5.32 Å². The lowest BCUT2D eigenvalue weighted by molar-refractivity contribution is -0.862. The van der Waals surface area contributed by atoms with Gasteiger partial charge in [-0.2, -0.15) is 0 Å². The molecule has 0 spiro atoms. The van der Waals surface area contributed by atoms with Gasteiger partial charge in [-0.05, 0) is 50.8 Å². The summed E-state index contributed by atoms with van der Waals surface area (Å²) in [7, 11) is 1.86. The summed E-state index contributed by atoms with van der Waals surface area (Å²) in [5.74, 6) is -0.138. The lowest BCUT2D eigenvalue weighted by Crippen LogP contribution is -3.11. The first-order chi connectivity index (χ1) is 13.7. The highest BCUT2D eigenvalue weighted by Gasteiger charge is 2.18. The molecular weight excluding hydrogens is 362 g/mol. The molecule has 0 saturated heterocycles. The van der Waals surface area contributed by atoms with E-state index in [1.54, 1.807) is 0 Å². The van der Waals surface area contributed by atoms with Crippen LogP contribution in [0.3, 0.4) is 0 Å². The van der Waals surface area contributed by atoms with Crippen molar-refractivity contribution >= 4 is 17.5 Å². The van der Waals surface area contributed by atoms with Crippen molar-refractivity contribution in [3.8, 4) is 0 Å². The number of rotatable bonds is 8. The van der Waals surface area contributed by atoms with Gasteiger partial charge in [0.15, 0.2) is 13.1 Å². The third-order valence-corrected chi connectivity index (χ3v) is 5.09. The molecule has 0 heterocycles. The molecular formula is C24H34N3O2+. The number of nitrogens with one attached hydrogen (secondary N) is 3. The highest BCUT2D eigenvalue weighted by molar-refractivity contribution is 5.93. The molecule has 0 radical (unpaired) electrons. The fourth-order valence-corrected chi connectivity index (χ4v) is 3.64. The second-order valence-corrected chi connectivity index (χ2v) is 8.07. The summed E-state index contributed by atoms with van der Waals surface area (Å²) in [5, 5.41) is 6.09. The smallest absolute Gasteiger partial charge is 0.279 e. The van der Waals surface area contributed by atoms with Crippen LogP contribution in [0.2, 0.25) is 0 Å². The van der Waals surface area contributed by atoms with Crippen LogP contribution >= 0.6 is 0 Å². The maximum absolute atomic E-state index is 12.5. The fraction of sp³-hybridized carbons (Fsp3) is 0.417. The number of amides is 2. The van der Waals surface area contributed by atoms with E-state index in [1.807, 2.05) is 34.7 Å². The average molecular weight is 397 g/mol. The third kappa shape index (κ3) is 6.71. The Morgan fingerprint density at radius 3 is 2.00 bits per heavy atom. The molecule has 0 fully saturated rings. The van der Waals surface area contributed by atoms with Crippen LogP contribution < -0.4 is 15.5 Å². The van der Waals surface area contributed by atoms with Gasteiger partial charge >= 0.3 is 0 Å². The standard InChI is InChI=1S/C24H33N3O2/c1-7-21(20-10-8-16(2)9-11-20)25-22(28)14-27(6)15-23(29)26-24-18(4)12-17(3)13-19(24)5/h8-13,21H,7,14-15H2,1-6H3,(H,25,28)(H,26,29)/p+1/t21-/m0/s1. The van der Waals surface area contributed by atoms with Crippen LogP contribution in [0.15, 0.2) is 36.4 Å².